The van der Waals surface area contributed by atoms with Crippen molar-refractivity contribution < 1.29 is 4.79 Å². The van der Waals surface area contributed by atoms with E-state index >= 15 is 0 Å². The van der Waals surface area contributed by atoms with E-state index < -0.39 is 0 Å². The van der Waals surface area contributed by atoms with E-state index in [2.05, 4.69) is 74.0 Å². The third kappa shape index (κ3) is 3.87. The van der Waals surface area contributed by atoms with Crippen molar-refractivity contribution in [3.05, 3.63) is 54.0 Å². The average molecular weight is 514 g/mol. The lowest BCUT2D eigenvalue weighted by molar-refractivity contribution is 0.102. The molecule has 0 bridgehead atoms. The van der Waals surface area contributed by atoms with Crippen LogP contribution in [0.2, 0.25) is 0 Å². The minimum atomic E-state index is -0.202. The molecule has 0 saturated carbocycles. The fourth-order valence-electron chi connectivity index (χ4n) is 1.39. The standard InChI is InChI=1S/C12H6Br4N2O/c13-7-4-8(14)11(9(15)5-7)18-12(19)6-1-2-17-10(16)3-6/h1-5H,(H,18,19). The summed E-state index contributed by atoms with van der Waals surface area (Å²) in [6, 6.07) is 7.04. The Morgan fingerprint density at radius 2 is 1.68 bits per heavy atom. The second-order valence-corrected chi connectivity index (χ2v) is 7.00. The van der Waals surface area contributed by atoms with E-state index in [-0.39, 0.29) is 5.91 Å². The summed E-state index contributed by atoms with van der Waals surface area (Å²) in [4.78, 5) is 16.1. The molecule has 7 heteroatoms. The van der Waals surface area contributed by atoms with Crippen LogP contribution in [0.3, 0.4) is 0 Å². The molecule has 2 rings (SSSR count). The maximum atomic E-state index is 12.1. The summed E-state index contributed by atoms with van der Waals surface area (Å²) < 4.78 is 3.11. The lowest BCUT2D eigenvalue weighted by atomic mass is 10.2. The highest BCUT2D eigenvalue weighted by Gasteiger charge is 2.12. The van der Waals surface area contributed by atoms with Crippen LogP contribution >= 0.6 is 63.7 Å². The summed E-state index contributed by atoms with van der Waals surface area (Å²) in [6.45, 7) is 0. The molecule has 0 aliphatic heterocycles. The number of benzene rings is 1. The highest BCUT2D eigenvalue weighted by molar-refractivity contribution is 9.11. The number of rotatable bonds is 2. The number of halogens is 4. The molecule has 3 nitrogen and oxygen atoms in total. The molecule has 1 N–H and O–H groups in total. The molecule has 19 heavy (non-hydrogen) atoms. The summed E-state index contributed by atoms with van der Waals surface area (Å²) in [5.41, 5.74) is 1.21. The lowest BCUT2D eigenvalue weighted by Gasteiger charge is -2.10. The first-order valence-electron chi connectivity index (χ1n) is 5.05. The molecule has 1 amide bonds. The van der Waals surface area contributed by atoms with Crippen molar-refractivity contribution in [3.63, 3.8) is 0 Å². The molecule has 1 heterocycles. The summed E-state index contributed by atoms with van der Waals surface area (Å²) in [7, 11) is 0. The Hall–Kier alpha value is -0.240. The van der Waals surface area contributed by atoms with Gasteiger partial charge in [-0.25, -0.2) is 4.98 Å². The predicted molar refractivity (Wildman–Crippen MR) is 89.4 cm³/mol. The third-order valence-corrected chi connectivity index (χ3v) is 4.38. The number of amides is 1. The van der Waals surface area contributed by atoms with Gasteiger partial charge in [0.05, 0.1) is 5.69 Å². The molecule has 0 aliphatic carbocycles. The van der Waals surface area contributed by atoms with Crippen molar-refractivity contribution in [2.75, 3.05) is 5.32 Å². The third-order valence-electron chi connectivity index (χ3n) is 2.23. The van der Waals surface area contributed by atoms with Gasteiger partial charge in [-0.15, -0.1) is 0 Å². The second-order valence-electron chi connectivity index (χ2n) is 3.57. The smallest absolute Gasteiger partial charge is 0.255 e. The maximum absolute atomic E-state index is 12.1. The van der Waals surface area contributed by atoms with Crippen LogP contribution in [-0.2, 0) is 0 Å². The number of hydrogen-bond donors (Lipinski definition) is 1. The number of aromatic nitrogens is 1. The Bertz CT molecular complexity index is 622. The molecule has 0 atom stereocenters. The van der Waals surface area contributed by atoms with Crippen molar-refractivity contribution in [2.45, 2.75) is 0 Å². The van der Waals surface area contributed by atoms with Crippen LogP contribution in [0.4, 0.5) is 5.69 Å². The van der Waals surface area contributed by atoms with E-state index in [1.54, 1.807) is 18.3 Å². The van der Waals surface area contributed by atoms with Gasteiger partial charge in [0.2, 0.25) is 0 Å². The number of pyridine rings is 1. The lowest BCUT2D eigenvalue weighted by Crippen LogP contribution is -2.13. The first kappa shape index (κ1) is 15.2. The topological polar surface area (TPSA) is 42.0 Å². The van der Waals surface area contributed by atoms with Gasteiger partial charge in [-0.1, -0.05) is 15.9 Å². The van der Waals surface area contributed by atoms with Crippen LogP contribution in [0.1, 0.15) is 10.4 Å². The van der Waals surface area contributed by atoms with Crippen LogP contribution in [0.25, 0.3) is 0 Å². The molecule has 0 unspecified atom stereocenters. The molecule has 2 aromatic rings. The number of hydrogen-bond acceptors (Lipinski definition) is 2. The van der Waals surface area contributed by atoms with Crippen LogP contribution in [0.5, 0.6) is 0 Å². The molecule has 0 spiro atoms. The normalized spacial score (nSPS) is 10.3. The van der Waals surface area contributed by atoms with Crippen molar-refractivity contribution in [1.82, 2.24) is 4.98 Å². The first-order chi connectivity index (χ1) is 8.97. The molecule has 1 aromatic heterocycles. The molecule has 0 aliphatic rings. The minimum absolute atomic E-state index is 0.202. The van der Waals surface area contributed by atoms with Gasteiger partial charge in [-0.3, -0.25) is 4.79 Å². The van der Waals surface area contributed by atoms with Gasteiger partial charge < -0.3 is 5.32 Å². The predicted octanol–water partition coefficient (Wildman–Crippen LogP) is 5.38. The van der Waals surface area contributed by atoms with Gasteiger partial charge in [0.25, 0.3) is 5.91 Å². The SMILES string of the molecule is O=C(Nc1c(Br)cc(Br)cc1Br)c1ccnc(Br)c1. The minimum Gasteiger partial charge on any atom is -0.320 e. The van der Waals surface area contributed by atoms with E-state index in [1.165, 1.54) is 0 Å². The molecule has 0 fully saturated rings. The largest absolute Gasteiger partial charge is 0.320 e. The zero-order chi connectivity index (χ0) is 14.0. The average Bonchev–Trinajstić information content (AvgIpc) is 2.33. The van der Waals surface area contributed by atoms with Crippen LogP contribution < -0.4 is 5.32 Å². The molecular formula is C12H6Br4N2O. The van der Waals surface area contributed by atoms with Crippen molar-refractivity contribution in [3.8, 4) is 0 Å². The molecule has 0 saturated heterocycles. The van der Waals surface area contributed by atoms with E-state index in [9.17, 15) is 4.79 Å². The fourth-order valence-corrected chi connectivity index (χ4v) is 4.21. The first-order valence-corrected chi connectivity index (χ1v) is 8.22. The van der Waals surface area contributed by atoms with Gasteiger partial charge in [-0.2, -0.15) is 0 Å². The van der Waals surface area contributed by atoms with Crippen molar-refractivity contribution >= 4 is 75.3 Å². The summed E-state index contributed by atoms with van der Waals surface area (Å²) >= 11 is 13.5. The van der Waals surface area contributed by atoms with Gasteiger partial charge >= 0.3 is 0 Å². The zero-order valence-electron chi connectivity index (χ0n) is 9.25. The molecule has 0 radical (unpaired) electrons. The monoisotopic (exact) mass is 510 g/mol. The van der Waals surface area contributed by atoms with Gasteiger partial charge in [0.1, 0.15) is 4.60 Å². The van der Waals surface area contributed by atoms with Crippen LogP contribution in [-0.4, -0.2) is 10.9 Å². The second kappa shape index (κ2) is 6.47. The quantitative estimate of drug-likeness (QED) is 0.548. The number of carbonyl (C=O) groups is 1. The molecular weight excluding hydrogens is 508 g/mol. The summed E-state index contributed by atoms with van der Waals surface area (Å²) in [6.07, 6.45) is 1.57. The van der Waals surface area contributed by atoms with Crippen LogP contribution in [0.15, 0.2) is 48.5 Å². The number of nitrogens with zero attached hydrogens (tertiary/aromatic N) is 1. The highest BCUT2D eigenvalue weighted by Crippen LogP contribution is 2.34. The maximum Gasteiger partial charge on any atom is 0.255 e. The van der Waals surface area contributed by atoms with E-state index in [1.807, 2.05) is 12.1 Å². The van der Waals surface area contributed by atoms with E-state index in [0.717, 1.165) is 13.4 Å². The van der Waals surface area contributed by atoms with Crippen molar-refractivity contribution in [2.24, 2.45) is 0 Å². The summed E-state index contributed by atoms with van der Waals surface area (Å²) in [5, 5.41) is 2.85. The fraction of sp³-hybridized carbons (Fsp3) is 0. The molecule has 1 aromatic carbocycles. The van der Waals surface area contributed by atoms with E-state index in [0.29, 0.717) is 15.9 Å². The Labute approximate surface area is 143 Å². The van der Waals surface area contributed by atoms with Gasteiger partial charge in [0.15, 0.2) is 0 Å². The Balaban J connectivity index is 2.29. The van der Waals surface area contributed by atoms with Crippen molar-refractivity contribution in [1.29, 1.82) is 0 Å². The van der Waals surface area contributed by atoms with Gasteiger partial charge in [0, 0.05) is 25.2 Å². The summed E-state index contributed by atoms with van der Waals surface area (Å²) in [5.74, 6) is -0.202. The van der Waals surface area contributed by atoms with E-state index in [4.69, 9.17) is 0 Å². The number of nitrogens with one attached hydrogen (secondary N) is 1. The molecule has 98 valence electrons. The number of anilines is 1. The zero-order valence-corrected chi connectivity index (χ0v) is 15.6. The Morgan fingerprint density at radius 3 is 2.26 bits per heavy atom. The van der Waals surface area contributed by atoms with Gasteiger partial charge in [-0.05, 0) is 72.1 Å². The Morgan fingerprint density at radius 1 is 1.05 bits per heavy atom. The highest BCUT2D eigenvalue weighted by atomic mass is 79.9. The number of carbonyl (C=O) groups excluding carboxylic acids is 1. The Kier molecular flexibility index (Phi) is 5.16. The van der Waals surface area contributed by atoms with Crippen LogP contribution in [0, 0.1) is 0 Å².